The minimum atomic E-state index is -0.452. The molecular weight excluding hydrogens is 390 g/mol. The summed E-state index contributed by atoms with van der Waals surface area (Å²) in [7, 11) is 1.92. The number of carbonyl (C=O) groups excluding carboxylic acids is 1. The normalized spacial score (nSPS) is 17.4. The van der Waals surface area contributed by atoms with Crippen LogP contribution in [-0.2, 0) is 29.7 Å². The molecule has 3 heterocycles. The number of nitrogens with zero attached hydrogens (tertiary/aromatic N) is 5. The smallest absolute Gasteiger partial charge is 0.253 e. The molecule has 164 valence electrons. The molecule has 1 aliphatic heterocycles. The second-order valence-electron chi connectivity index (χ2n) is 8.72. The van der Waals surface area contributed by atoms with E-state index in [-0.39, 0.29) is 5.91 Å². The summed E-state index contributed by atoms with van der Waals surface area (Å²) in [6, 6.07) is 10.1. The van der Waals surface area contributed by atoms with Gasteiger partial charge < -0.3 is 9.64 Å². The van der Waals surface area contributed by atoms with Crippen LogP contribution in [0, 0.1) is 5.92 Å². The van der Waals surface area contributed by atoms with E-state index in [0.29, 0.717) is 32.2 Å². The lowest BCUT2D eigenvalue weighted by atomic mass is 10.1. The number of fused-ring (bicyclic) bond motifs is 1. The van der Waals surface area contributed by atoms with Crippen molar-refractivity contribution in [3.05, 3.63) is 60.0 Å². The van der Waals surface area contributed by atoms with Gasteiger partial charge in [0.25, 0.3) is 5.91 Å². The number of aromatic nitrogens is 3. The van der Waals surface area contributed by atoms with Gasteiger partial charge in [0.1, 0.15) is 6.10 Å². The molecule has 1 fully saturated rings. The Kier molecular flexibility index (Phi) is 6.63. The second kappa shape index (κ2) is 9.58. The number of benzene rings is 1. The fourth-order valence-electron chi connectivity index (χ4n) is 4.18. The summed E-state index contributed by atoms with van der Waals surface area (Å²) in [5.74, 6) is 0.416. The van der Waals surface area contributed by atoms with E-state index in [2.05, 4.69) is 47.0 Å². The molecule has 7 heteroatoms. The first-order valence-corrected chi connectivity index (χ1v) is 10.9. The molecule has 0 aliphatic carbocycles. The van der Waals surface area contributed by atoms with Gasteiger partial charge in [-0.15, -0.1) is 0 Å². The van der Waals surface area contributed by atoms with E-state index in [9.17, 15) is 4.79 Å². The molecule has 0 unspecified atom stereocenters. The molecule has 0 spiro atoms. The maximum absolute atomic E-state index is 13.5. The molecule has 0 N–H and O–H groups in total. The van der Waals surface area contributed by atoms with Crippen LogP contribution in [0.15, 0.2) is 48.9 Å². The van der Waals surface area contributed by atoms with E-state index in [4.69, 9.17) is 4.74 Å². The van der Waals surface area contributed by atoms with Gasteiger partial charge in [0.2, 0.25) is 0 Å². The SMILES string of the molecule is CC(C)CN(Cc1cccc2cccnc12)C(=O)[C@H]1CN(Cc2cnn(C)c2)CCO1. The fraction of sp³-hybridized carbons (Fsp3) is 0.458. The molecule has 1 saturated heterocycles. The summed E-state index contributed by atoms with van der Waals surface area (Å²) in [5, 5.41) is 5.34. The molecule has 1 amide bonds. The van der Waals surface area contributed by atoms with Gasteiger partial charge in [0.05, 0.1) is 18.3 Å². The zero-order valence-electron chi connectivity index (χ0n) is 18.6. The van der Waals surface area contributed by atoms with Crippen molar-refractivity contribution in [1.29, 1.82) is 0 Å². The third-order valence-corrected chi connectivity index (χ3v) is 5.57. The number of pyridine rings is 1. The van der Waals surface area contributed by atoms with Gasteiger partial charge in [-0.1, -0.05) is 38.1 Å². The average molecular weight is 422 g/mol. The molecule has 0 bridgehead atoms. The Morgan fingerprint density at radius 2 is 2.13 bits per heavy atom. The van der Waals surface area contributed by atoms with E-state index in [1.54, 1.807) is 10.9 Å². The lowest BCUT2D eigenvalue weighted by molar-refractivity contribution is -0.151. The van der Waals surface area contributed by atoms with E-state index in [1.165, 1.54) is 0 Å². The van der Waals surface area contributed by atoms with Crippen LogP contribution in [-0.4, -0.2) is 62.8 Å². The van der Waals surface area contributed by atoms with Crippen molar-refractivity contribution in [2.24, 2.45) is 13.0 Å². The third kappa shape index (κ3) is 5.29. The first kappa shape index (κ1) is 21.5. The van der Waals surface area contributed by atoms with E-state index in [1.807, 2.05) is 36.5 Å². The number of aryl methyl sites for hydroxylation is 1. The zero-order valence-corrected chi connectivity index (χ0v) is 18.6. The van der Waals surface area contributed by atoms with Crippen LogP contribution in [0.25, 0.3) is 10.9 Å². The number of amides is 1. The highest BCUT2D eigenvalue weighted by molar-refractivity contribution is 5.84. The lowest BCUT2D eigenvalue weighted by Crippen LogP contribution is -2.51. The van der Waals surface area contributed by atoms with Gasteiger partial charge in [-0.3, -0.25) is 19.4 Å². The first-order valence-electron chi connectivity index (χ1n) is 10.9. The van der Waals surface area contributed by atoms with Gasteiger partial charge >= 0.3 is 0 Å². The molecule has 1 aliphatic rings. The van der Waals surface area contributed by atoms with Crippen molar-refractivity contribution in [1.82, 2.24) is 24.6 Å². The summed E-state index contributed by atoms with van der Waals surface area (Å²) < 4.78 is 7.74. The summed E-state index contributed by atoms with van der Waals surface area (Å²) in [5.41, 5.74) is 3.17. The standard InChI is InChI=1S/C24H31N5O2/c1-18(2)13-29(16-21-7-4-6-20-8-5-9-25-23(20)21)24(30)22-17-28(10-11-31-22)15-19-12-26-27(3)14-19/h4-9,12,14,18,22H,10-11,13,15-17H2,1-3H3/t22-/m1/s1. The molecule has 0 saturated carbocycles. The van der Waals surface area contributed by atoms with Crippen LogP contribution < -0.4 is 0 Å². The van der Waals surface area contributed by atoms with Crippen LogP contribution >= 0.6 is 0 Å². The Morgan fingerprint density at radius 3 is 2.90 bits per heavy atom. The van der Waals surface area contributed by atoms with Gasteiger partial charge in [0, 0.05) is 63.1 Å². The average Bonchev–Trinajstić information content (AvgIpc) is 3.17. The number of morpholine rings is 1. The van der Waals surface area contributed by atoms with E-state index >= 15 is 0 Å². The number of rotatable bonds is 7. The van der Waals surface area contributed by atoms with Crippen LogP contribution in [0.2, 0.25) is 0 Å². The third-order valence-electron chi connectivity index (χ3n) is 5.57. The van der Waals surface area contributed by atoms with Crippen LogP contribution in [0.3, 0.4) is 0 Å². The van der Waals surface area contributed by atoms with Crippen molar-refractivity contribution < 1.29 is 9.53 Å². The Labute approximate surface area is 183 Å². The Morgan fingerprint density at radius 1 is 1.29 bits per heavy atom. The van der Waals surface area contributed by atoms with Crippen molar-refractivity contribution in [2.75, 3.05) is 26.2 Å². The molecule has 4 rings (SSSR count). The molecule has 1 aromatic carbocycles. The van der Waals surface area contributed by atoms with Crippen molar-refractivity contribution in [3.63, 3.8) is 0 Å². The largest absolute Gasteiger partial charge is 0.366 e. The highest BCUT2D eigenvalue weighted by Gasteiger charge is 2.31. The van der Waals surface area contributed by atoms with Crippen molar-refractivity contribution in [2.45, 2.75) is 33.0 Å². The summed E-state index contributed by atoms with van der Waals surface area (Å²) in [6.45, 7) is 8.24. The highest BCUT2D eigenvalue weighted by atomic mass is 16.5. The Hall–Kier alpha value is -2.77. The molecule has 31 heavy (non-hydrogen) atoms. The van der Waals surface area contributed by atoms with Gasteiger partial charge in [-0.25, -0.2) is 0 Å². The Balaban J connectivity index is 1.49. The highest BCUT2D eigenvalue weighted by Crippen LogP contribution is 2.20. The first-order chi connectivity index (χ1) is 15.0. The van der Waals surface area contributed by atoms with E-state index in [0.717, 1.165) is 35.1 Å². The Bertz CT molecular complexity index is 1030. The topological polar surface area (TPSA) is 63.5 Å². The van der Waals surface area contributed by atoms with E-state index < -0.39 is 6.10 Å². The molecular formula is C24H31N5O2. The number of para-hydroxylation sites is 1. The minimum absolute atomic E-state index is 0.0533. The minimum Gasteiger partial charge on any atom is -0.366 e. The number of carbonyl (C=O) groups is 1. The second-order valence-corrected chi connectivity index (χ2v) is 8.72. The predicted molar refractivity (Wildman–Crippen MR) is 120 cm³/mol. The maximum atomic E-state index is 13.5. The van der Waals surface area contributed by atoms with Crippen LogP contribution in [0.5, 0.6) is 0 Å². The molecule has 3 aromatic rings. The molecule has 7 nitrogen and oxygen atoms in total. The van der Waals surface area contributed by atoms with Crippen LogP contribution in [0.1, 0.15) is 25.0 Å². The van der Waals surface area contributed by atoms with Crippen molar-refractivity contribution in [3.8, 4) is 0 Å². The fourth-order valence-corrected chi connectivity index (χ4v) is 4.18. The summed E-state index contributed by atoms with van der Waals surface area (Å²) in [6.07, 6.45) is 5.25. The number of ether oxygens (including phenoxy) is 1. The summed E-state index contributed by atoms with van der Waals surface area (Å²) in [4.78, 5) is 22.3. The quantitative estimate of drug-likeness (QED) is 0.587. The van der Waals surface area contributed by atoms with Crippen LogP contribution in [0.4, 0.5) is 0 Å². The number of hydrogen-bond donors (Lipinski definition) is 0. The lowest BCUT2D eigenvalue weighted by Gasteiger charge is -2.35. The summed E-state index contributed by atoms with van der Waals surface area (Å²) >= 11 is 0. The molecule has 2 aromatic heterocycles. The zero-order chi connectivity index (χ0) is 21.8. The monoisotopic (exact) mass is 421 g/mol. The maximum Gasteiger partial charge on any atom is 0.253 e. The molecule has 0 radical (unpaired) electrons. The van der Waals surface area contributed by atoms with Gasteiger partial charge in [-0.05, 0) is 17.5 Å². The van der Waals surface area contributed by atoms with Gasteiger partial charge in [-0.2, -0.15) is 5.10 Å². The molecule has 1 atom stereocenters. The van der Waals surface area contributed by atoms with Crippen molar-refractivity contribution >= 4 is 16.8 Å². The number of hydrogen-bond acceptors (Lipinski definition) is 5. The predicted octanol–water partition coefficient (Wildman–Crippen LogP) is 2.85. The van der Waals surface area contributed by atoms with Gasteiger partial charge in [0.15, 0.2) is 0 Å².